The summed E-state index contributed by atoms with van der Waals surface area (Å²) >= 11 is 0. The van der Waals surface area contributed by atoms with Crippen molar-refractivity contribution >= 4 is 5.97 Å². The maximum atomic E-state index is 11.3. The highest BCUT2D eigenvalue weighted by Gasteiger charge is 2.13. The van der Waals surface area contributed by atoms with E-state index in [0.29, 0.717) is 24.9 Å². The monoisotopic (exact) mass is 242 g/mol. The summed E-state index contributed by atoms with van der Waals surface area (Å²) in [7, 11) is 0. The summed E-state index contributed by atoms with van der Waals surface area (Å²) in [5.41, 5.74) is 0. The second-order valence-corrected chi connectivity index (χ2v) is 5.18. The number of carbonyl (C=O) groups excluding carboxylic acids is 1. The fourth-order valence-electron chi connectivity index (χ4n) is 1.03. The molecule has 0 aromatic heterocycles. The zero-order valence-electron chi connectivity index (χ0n) is 11.8. The zero-order valence-corrected chi connectivity index (χ0v) is 11.8. The van der Waals surface area contributed by atoms with Gasteiger partial charge in [0, 0.05) is 5.92 Å². The Hall–Kier alpha value is -0.990. The Morgan fingerprint density at radius 1 is 1.12 bits per heavy atom. The van der Waals surface area contributed by atoms with Crippen LogP contribution in [0.15, 0.2) is 12.3 Å². The fraction of sp³-hybridized carbons (Fsp3) is 0.786. The van der Waals surface area contributed by atoms with Gasteiger partial charge in [-0.25, -0.2) is 0 Å². The van der Waals surface area contributed by atoms with Crippen molar-refractivity contribution in [2.24, 2.45) is 17.8 Å². The van der Waals surface area contributed by atoms with Gasteiger partial charge in [0.25, 0.3) is 0 Å². The Balaban J connectivity index is 3.78. The molecule has 0 aliphatic heterocycles. The van der Waals surface area contributed by atoms with Crippen molar-refractivity contribution < 1.29 is 14.3 Å². The van der Waals surface area contributed by atoms with E-state index in [1.54, 1.807) is 0 Å². The average molecular weight is 242 g/mol. The van der Waals surface area contributed by atoms with E-state index in [4.69, 9.17) is 9.47 Å². The van der Waals surface area contributed by atoms with E-state index in [0.717, 1.165) is 6.42 Å². The topological polar surface area (TPSA) is 35.5 Å². The molecule has 17 heavy (non-hydrogen) atoms. The molecule has 0 bridgehead atoms. The van der Waals surface area contributed by atoms with E-state index in [9.17, 15) is 4.79 Å². The van der Waals surface area contributed by atoms with E-state index in [1.165, 1.54) is 0 Å². The minimum atomic E-state index is -0.174. The van der Waals surface area contributed by atoms with Crippen molar-refractivity contribution in [3.05, 3.63) is 12.3 Å². The molecule has 0 aromatic carbocycles. The lowest BCUT2D eigenvalue weighted by Gasteiger charge is -2.17. The van der Waals surface area contributed by atoms with Crippen molar-refractivity contribution in [1.29, 1.82) is 0 Å². The van der Waals surface area contributed by atoms with Crippen molar-refractivity contribution in [3.8, 4) is 0 Å². The Labute approximate surface area is 105 Å². The number of rotatable bonds is 8. The smallest absolute Gasteiger partial charge is 0.308 e. The van der Waals surface area contributed by atoms with Gasteiger partial charge in [0.2, 0.25) is 0 Å². The van der Waals surface area contributed by atoms with E-state index in [2.05, 4.69) is 20.4 Å². The lowest BCUT2D eigenvalue weighted by atomic mass is 10.1. The summed E-state index contributed by atoms with van der Waals surface area (Å²) in [4.78, 5) is 11.3. The molecule has 0 aromatic rings. The summed E-state index contributed by atoms with van der Waals surface area (Å²) in [6.45, 7) is 14.8. The standard InChI is InChI=1S/C14H26O3/c1-10(2)7-8-16-13(6)12(5)9-17-14(15)11(3)4/h10-12H,6-9H2,1-5H3/t12-/m1/s1. The predicted octanol–water partition coefficient (Wildman–Crippen LogP) is 3.40. The van der Waals surface area contributed by atoms with E-state index in [1.807, 2.05) is 20.8 Å². The molecule has 3 heteroatoms. The quantitative estimate of drug-likeness (QED) is 0.483. The first-order valence-corrected chi connectivity index (χ1v) is 6.32. The lowest BCUT2D eigenvalue weighted by Crippen LogP contribution is -2.18. The van der Waals surface area contributed by atoms with Gasteiger partial charge in [-0.3, -0.25) is 4.79 Å². The molecule has 0 saturated heterocycles. The van der Waals surface area contributed by atoms with Gasteiger partial charge in [-0.15, -0.1) is 0 Å². The largest absolute Gasteiger partial charge is 0.498 e. The Morgan fingerprint density at radius 2 is 1.71 bits per heavy atom. The Bertz CT molecular complexity index is 244. The van der Waals surface area contributed by atoms with E-state index >= 15 is 0 Å². The predicted molar refractivity (Wildman–Crippen MR) is 69.5 cm³/mol. The summed E-state index contributed by atoms with van der Waals surface area (Å²) in [6, 6.07) is 0. The van der Waals surface area contributed by atoms with Gasteiger partial charge in [0.15, 0.2) is 0 Å². The van der Waals surface area contributed by atoms with Crippen LogP contribution in [-0.2, 0) is 14.3 Å². The van der Waals surface area contributed by atoms with Gasteiger partial charge in [0.05, 0.1) is 18.3 Å². The molecule has 0 fully saturated rings. The summed E-state index contributed by atoms with van der Waals surface area (Å²) in [5, 5.41) is 0. The van der Waals surface area contributed by atoms with Crippen LogP contribution in [0.1, 0.15) is 41.0 Å². The molecule has 100 valence electrons. The van der Waals surface area contributed by atoms with Gasteiger partial charge in [0.1, 0.15) is 6.61 Å². The molecule has 0 aliphatic rings. The summed E-state index contributed by atoms with van der Waals surface area (Å²) in [6.07, 6.45) is 1.01. The minimum absolute atomic E-state index is 0.0462. The molecule has 0 spiro atoms. The number of hydrogen-bond donors (Lipinski definition) is 0. The van der Waals surface area contributed by atoms with Crippen LogP contribution in [0.3, 0.4) is 0 Å². The highest BCUT2D eigenvalue weighted by Crippen LogP contribution is 2.12. The van der Waals surface area contributed by atoms with Crippen molar-refractivity contribution in [1.82, 2.24) is 0 Å². The molecule has 0 rings (SSSR count). The first kappa shape index (κ1) is 16.0. The van der Waals surface area contributed by atoms with E-state index in [-0.39, 0.29) is 17.8 Å². The van der Waals surface area contributed by atoms with Gasteiger partial charge in [-0.2, -0.15) is 0 Å². The molecule has 0 heterocycles. The lowest BCUT2D eigenvalue weighted by molar-refractivity contribution is -0.148. The maximum Gasteiger partial charge on any atom is 0.308 e. The molecule has 0 saturated carbocycles. The maximum absolute atomic E-state index is 11.3. The molecular formula is C14H26O3. The second kappa shape index (κ2) is 8.15. The van der Waals surface area contributed by atoms with Crippen molar-refractivity contribution in [3.63, 3.8) is 0 Å². The highest BCUT2D eigenvalue weighted by atomic mass is 16.5. The zero-order chi connectivity index (χ0) is 13.4. The molecule has 1 atom stereocenters. The van der Waals surface area contributed by atoms with Gasteiger partial charge in [-0.1, -0.05) is 41.2 Å². The molecular weight excluding hydrogens is 216 g/mol. The first-order chi connectivity index (χ1) is 7.84. The van der Waals surface area contributed by atoms with Crippen LogP contribution in [0, 0.1) is 17.8 Å². The van der Waals surface area contributed by atoms with Gasteiger partial charge in [-0.05, 0) is 12.3 Å². The molecule has 3 nitrogen and oxygen atoms in total. The van der Waals surface area contributed by atoms with Gasteiger partial charge < -0.3 is 9.47 Å². The molecule has 0 N–H and O–H groups in total. The van der Waals surface area contributed by atoms with Crippen LogP contribution in [0.25, 0.3) is 0 Å². The van der Waals surface area contributed by atoms with Crippen molar-refractivity contribution in [2.75, 3.05) is 13.2 Å². The summed E-state index contributed by atoms with van der Waals surface area (Å²) in [5.74, 6) is 1.10. The van der Waals surface area contributed by atoms with Crippen LogP contribution >= 0.6 is 0 Å². The van der Waals surface area contributed by atoms with Crippen LogP contribution < -0.4 is 0 Å². The number of carbonyl (C=O) groups is 1. The average Bonchev–Trinajstić information content (AvgIpc) is 2.24. The van der Waals surface area contributed by atoms with Gasteiger partial charge >= 0.3 is 5.97 Å². The van der Waals surface area contributed by atoms with Crippen LogP contribution in [0.5, 0.6) is 0 Å². The Kier molecular flexibility index (Phi) is 7.68. The van der Waals surface area contributed by atoms with Crippen LogP contribution in [0.2, 0.25) is 0 Å². The van der Waals surface area contributed by atoms with Crippen LogP contribution in [-0.4, -0.2) is 19.2 Å². The normalized spacial score (nSPS) is 12.6. The SMILES string of the molecule is C=C(OCCC(C)C)[C@H](C)COC(=O)C(C)C. The number of ether oxygens (including phenoxy) is 2. The van der Waals surface area contributed by atoms with E-state index < -0.39 is 0 Å². The highest BCUT2D eigenvalue weighted by molar-refractivity contribution is 5.71. The third-order valence-corrected chi connectivity index (χ3v) is 2.48. The minimum Gasteiger partial charge on any atom is -0.498 e. The number of esters is 1. The van der Waals surface area contributed by atoms with Crippen LogP contribution in [0.4, 0.5) is 0 Å². The molecule has 0 radical (unpaired) electrons. The second-order valence-electron chi connectivity index (χ2n) is 5.18. The van der Waals surface area contributed by atoms with Crippen molar-refractivity contribution in [2.45, 2.75) is 41.0 Å². The summed E-state index contributed by atoms with van der Waals surface area (Å²) < 4.78 is 10.7. The fourth-order valence-corrected chi connectivity index (χ4v) is 1.03. The molecule has 0 amide bonds. The first-order valence-electron chi connectivity index (χ1n) is 6.32. The Morgan fingerprint density at radius 3 is 2.18 bits per heavy atom. The molecule has 0 unspecified atom stereocenters. The molecule has 0 aliphatic carbocycles. The third kappa shape index (κ3) is 7.83. The third-order valence-electron chi connectivity index (χ3n) is 2.48. The number of hydrogen-bond acceptors (Lipinski definition) is 3.